The molecule has 0 saturated carbocycles. The van der Waals surface area contributed by atoms with E-state index in [1.165, 1.54) is 0 Å². The summed E-state index contributed by atoms with van der Waals surface area (Å²) >= 11 is 0. The molecule has 0 aromatic heterocycles. The molecular formula is C4H10CuO2. The molecule has 0 unspecified atom stereocenters. The van der Waals surface area contributed by atoms with E-state index in [9.17, 15) is 0 Å². The molecule has 0 aliphatic carbocycles. The molecule has 2 N–H and O–H groups in total. The van der Waals surface area contributed by atoms with Crippen LogP contribution in [0.2, 0.25) is 0 Å². The summed E-state index contributed by atoms with van der Waals surface area (Å²) < 4.78 is 0. The molecule has 3 heteroatoms. The number of rotatable bonds is 3. The van der Waals surface area contributed by atoms with Crippen LogP contribution < -0.4 is 0 Å². The van der Waals surface area contributed by atoms with E-state index in [0.717, 1.165) is 12.8 Å². The van der Waals surface area contributed by atoms with Crippen molar-refractivity contribution in [3.8, 4) is 0 Å². The zero-order chi connectivity index (χ0) is 4.83. The van der Waals surface area contributed by atoms with Gasteiger partial charge in [0.1, 0.15) is 0 Å². The molecular weight excluding hydrogens is 144 g/mol. The summed E-state index contributed by atoms with van der Waals surface area (Å²) in [7, 11) is 0. The molecule has 0 aromatic carbocycles. The summed E-state index contributed by atoms with van der Waals surface area (Å²) in [4.78, 5) is 0. The summed E-state index contributed by atoms with van der Waals surface area (Å²) in [6.45, 7) is 0.390. The van der Waals surface area contributed by atoms with Crippen LogP contribution in [0.15, 0.2) is 0 Å². The van der Waals surface area contributed by atoms with Gasteiger partial charge in [0.15, 0.2) is 0 Å². The Bertz CT molecular complexity index is 21.7. The zero-order valence-corrected chi connectivity index (χ0v) is 4.97. The molecule has 7 heavy (non-hydrogen) atoms. The third kappa shape index (κ3) is 10.7. The van der Waals surface area contributed by atoms with Crippen molar-refractivity contribution >= 4 is 0 Å². The predicted molar refractivity (Wildman–Crippen MR) is 23.4 cm³/mol. The van der Waals surface area contributed by atoms with Crippen LogP contribution in [0.3, 0.4) is 0 Å². The van der Waals surface area contributed by atoms with Gasteiger partial charge in [0, 0.05) is 30.3 Å². The Labute approximate surface area is 54.0 Å². The summed E-state index contributed by atoms with van der Waals surface area (Å²) in [6, 6.07) is 0. The maximum atomic E-state index is 8.09. The van der Waals surface area contributed by atoms with Crippen molar-refractivity contribution in [3.05, 3.63) is 0 Å². The normalized spacial score (nSPS) is 7.71. The van der Waals surface area contributed by atoms with Crippen molar-refractivity contribution in [2.75, 3.05) is 13.2 Å². The molecule has 0 aliphatic heterocycles. The van der Waals surface area contributed by atoms with Crippen LogP contribution in [-0.4, -0.2) is 23.4 Å². The van der Waals surface area contributed by atoms with Gasteiger partial charge >= 0.3 is 0 Å². The Morgan fingerprint density at radius 2 is 1.14 bits per heavy atom. The van der Waals surface area contributed by atoms with Crippen LogP contribution in [-0.2, 0) is 17.1 Å². The molecule has 0 rings (SSSR count). The van der Waals surface area contributed by atoms with Crippen LogP contribution in [0, 0.1) is 0 Å². The van der Waals surface area contributed by atoms with E-state index in [-0.39, 0.29) is 30.3 Å². The summed E-state index contributed by atoms with van der Waals surface area (Å²) in [6.07, 6.45) is 1.44. The Morgan fingerprint density at radius 3 is 1.29 bits per heavy atom. The molecule has 0 aliphatic rings. The fourth-order valence-corrected chi connectivity index (χ4v) is 0.224. The number of hydrogen-bond donors (Lipinski definition) is 2. The Morgan fingerprint density at radius 1 is 0.857 bits per heavy atom. The molecule has 0 aromatic rings. The van der Waals surface area contributed by atoms with E-state index in [2.05, 4.69) is 0 Å². The minimum Gasteiger partial charge on any atom is -0.396 e. The number of unbranched alkanes of at least 4 members (excludes halogenated alkanes) is 1. The molecule has 2 nitrogen and oxygen atoms in total. The van der Waals surface area contributed by atoms with Gasteiger partial charge in [0.25, 0.3) is 0 Å². The van der Waals surface area contributed by atoms with Crippen LogP contribution >= 0.6 is 0 Å². The first-order chi connectivity index (χ1) is 2.91. The van der Waals surface area contributed by atoms with Crippen LogP contribution in [0.4, 0.5) is 0 Å². The molecule has 0 bridgehead atoms. The van der Waals surface area contributed by atoms with Crippen LogP contribution in [0.25, 0.3) is 0 Å². The van der Waals surface area contributed by atoms with E-state index in [4.69, 9.17) is 10.2 Å². The van der Waals surface area contributed by atoms with Gasteiger partial charge in [-0.15, -0.1) is 0 Å². The molecule has 49 valence electrons. The van der Waals surface area contributed by atoms with Gasteiger partial charge in [0.05, 0.1) is 0 Å². The SMILES string of the molecule is OCCCCO.[Cu]. The van der Waals surface area contributed by atoms with Crippen LogP contribution in [0.5, 0.6) is 0 Å². The monoisotopic (exact) mass is 153 g/mol. The first-order valence-electron chi connectivity index (χ1n) is 2.13. The minimum atomic E-state index is 0. The van der Waals surface area contributed by atoms with Crippen molar-refractivity contribution in [1.29, 1.82) is 0 Å². The average molecular weight is 154 g/mol. The maximum Gasteiger partial charge on any atom is 0.0431 e. The van der Waals surface area contributed by atoms with Gasteiger partial charge in [-0.2, -0.15) is 0 Å². The fraction of sp³-hybridized carbons (Fsp3) is 1.00. The Kier molecular flexibility index (Phi) is 14.4. The van der Waals surface area contributed by atoms with Crippen LogP contribution in [0.1, 0.15) is 12.8 Å². The smallest absolute Gasteiger partial charge is 0.0431 e. The molecule has 0 fully saturated rings. The number of hydrogen-bond acceptors (Lipinski definition) is 2. The van der Waals surface area contributed by atoms with E-state index >= 15 is 0 Å². The van der Waals surface area contributed by atoms with Gasteiger partial charge in [-0.3, -0.25) is 0 Å². The second kappa shape index (κ2) is 9.67. The first kappa shape index (κ1) is 10.4. The third-order valence-electron chi connectivity index (χ3n) is 0.566. The number of aliphatic hydroxyl groups excluding tert-OH is 2. The first-order valence-corrected chi connectivity index (χ1v) is 2.13. The Hall–Kier alpha value is 0.439. The topological polar surface area (TPSA) is 40.5 Å². The van der Waals surface area contributed by atoms with E-state index in [1.807, 2.05) is 0 Å². The van der Waals surface area contributed by atoms with E-state index in [1.54, 1.807) is 0 Å². The van der Waals surface area contributed by atoms with Crippen molar-refractivity contribution in [1.82, 2.24) is 0 Å². The molecule has 0 saturated heterocycles. The standard InChI is InChI=1S/C4H10O2.Cu/c5-3-1-2-4-6;/h5-6H,1-4H2;. The van der Waals surface area contributed by atoms with Gasteiger partial charge in [-0.1, -0.05) is 0 Å². The van der Waals surface area contributed by atoms with Crippen molar-refractivity contribution in [2.45, 2.75) is 12.8 Å². The average Bonchev–Trinajstić information content (AvgIpc) is 1.61. The third-order valence-corrected chi connectivity index (χ3v) is 0.566. The van der Waals surface area contributed by atoms with Gasteiger partial charge in [-0.25, -0.2) is 0 Å². The van der Waals surface area contributed by atoms with Gasteiger partial charge in [0.2, 0.25) is 0 Å². The Balaban J connectivity index is 0. The number of aliphatic hydroxyl groups is 2. The van der Waals surface area contributed by atoms with Crippen molar-refractivity contribution in [3.63, 3.8) is 0 Å². The second-order valence-corrected chi connectivity index (χ2v) is 1.15. The minimum absolute atomic E-state index is 0. The quantitative estimate of drug-likeness (QED) is 0.434. The summed E-state index contributed by atoms with van der Waals surface area (Å²) in [5.74, 6) is 0. The fourth-order valence-electron chi connectivity index (χ4n) is 0.224. The largest absolute Gasteiger partial charge is 0.396 e. The van der Waals surface area contributed by atoms with Gasteiger partial charge in [-0.05, 0) is 12.8 Å². The molecule has 0 heterocycles. The maximum absolute atomic E-state index is 8.09. The second-order valence-electron chi connectivity index (χ2n) is 1.15. The predicted octanol–water partition coefficient (Wildman–Crippen LogP) is -0.251. The molecule has 0 amide bonds. The molecule has 1 radical (unpaired) electrons. The van der Waals surface area contributed by atoms with Crippen molar-refractivity contribution < 1.29 is 27.3 Å². The molecule has 0 atom stereocenters. The zero-order valence-electron chi connectivity index (χ0n) is 4.02. The molecule has 0 spiro atoms. The van der Waals surface area contributed by atoms with E-state index in [0.29, 0.717) is 0 Å². The van der Waals surface area contributed by atoms with Gasteiger partial charge < -0.3 is 10.2 Å². The van der Waals surface area contributed by atoms with Crippen molar-refractivity contribution in [2.24, 2.45) is 0 Å². The summed E-state index contributed by atoms with van der Waals surface area (Å²) in [5.41, 5.74) is 0. The summed E-state index contributed by atoms with van der Waals surface area (Å²) in [5, 5.41) is 16.2. The van der Waals surface area contributed by atoms with E-state index < -0.39 is 0 Å².